The standard InChI is InChI=1S/C20H26N2O3S2/c1-3-10-21(11-4-2)20(23)16-6-5-7-18(14-16)27(24,25)22-12-8-19-17(15-22)9-13-26-19/h5-7,9,13-14H,3-4,8,10-12,15H2,1-2H3. The molecule has 0 bridgehead atoms. The first-order chi connectivity index (χ1) is 13.0. The zero-order chi connectivity index (χ0) is 19.4. The highest BCUT2D eigenvalue weighted by Crippen LogP contribution is 2.28. The maximum absolute atomic E-state index is 13.1. The molecule has 1 aliphatic heterocycles. The van der Waals surface area contributed by atoms with Crippen molar-refractivity contribution in [1.82, 2.24) is 9.21 Å². The van der Waals surface area contributed by atoms with Gasteiger partial charge in [-0.2, -0.15) is 4.31 Å². The minimum Gasteiger partial charge on any atom is -0.339 e. The van der Waals surface area contributed by atoms with E-state index in [1.165, 1.54) is 15.2 Å². The number of fused-ring (bicyclic) bond motifs is 1. The Balaban J connectivity index is 1.85. The molecule has 1 aliphatic rings. The molecule has 0 radical (unpaired) electrons. The fourth-order valence-corrected chi connectivity index (χ4v) is 5.76. The van der Waals surface area contributed by atoms with Crippen molar-refractivity contribution < 1.29 is 13.2 Å². The van der Waals surface area contributed by atoms with Gasteiger partial charge in [-0.1, -0.05) is 19.9 Å². The number of sulfonamides is 1. The van der Waals surface area contributed by atoms with Gasteiger partial charge in [0.25, 0.3) is 5.91 Å². The fraction of sp³-hybridized carbons (Fsp3) is 0.450. The van der Waals surface area contributed by atoms with Crippen molar-refractivity contribution in [2.24, 2.45) is 0 Å². The van der Waals surface area contributed by atoms with Crippen LogP contribution in [0.25, 0.3) is 0 Å². The van der Waals surface area contributed by atoms with Crippen molar-refractivity contribution >= 4 is 27.3 Å². The van der Waals surface area contributed by atoms with Gasteiger partial charge in [-0.25, -0.2) is 8.42 Å². The van der Waals surface area contributed by atoms with Crippen LogP contribution in [-0.2, 0) is 23.0 Å². The van der Waals surface area contributed by atoms with Gasteiger partial charge in [-0.3, -0.25) is 4.79 Å². The zero-order valence-electron chi connectivity index (χ0n) is 15.8. The van der Waals surface area contributed by atoms with E-state index in [0.29, 0.717) is 31.7 Å². The van der Waals surface area contributed by atoms with Crippen LogP contribution in [0.2, 0.25) is 0 Å². The number of nitrogens with zero attached hydrogens (tertiary/aromatic N) is 2. The Labute approximate surface area is 165 Å². The minimum atomic E-state index is -3.62. The van der Waals surface area contributed by atoms with Gasteiger partial charge >= 0.3 is 0 Å². The zero-order valence-corrected chi connectivity index (χ0v) is 17.5. The van der Waals surface area contributed by atoms with Crippen molar-refractivity contribution in [3.05, 3.63) is 51.7 Å². The summed E-state index contributed by atoms with van der Waals surface area (Å²) in [7, 11) is -3.62. The van der Waals surface area contributed by atoms with Gasteiger partial charge in [0.05, 0.1) is 4.90 Å². The second-order valence-electron chi connectivity index (χ2n) is 6.78. The molecule has 2 aromatic rings. The van der Waals surface area contributed by atoms with Gasteiger partial charge in [-0.15, -0.1) is 11.3 Å². The molecule has 27 heavy (non-hydrogen) atoms. The smallest absolute Gasteiger partial charge is 0.253 e. The Morgan fingerprint density at radius 3 is 2.63 bits per heavy atom. The average molecular weight is 407 g/mol. The number of hydrogen-bond donors (Lipinski definition) is 0. The summed E-state index contributed by atoms with van der Waals surface area (Å²) >= 11 is 1.68. The predicted molar refractivity (Wildman–Crippen MR) is 109 cm³/mol. The van der Waals surface area contributed by atoms with E-state index < -0.39 is 10.0 Å². The first-order valence-corrected chi connectivity index (χ1v) is 11.7. The Hall–Kier alpha value is -1.70. The van der Waals surface area contributed by atoms with Crippen LogP contribution in [0.4, 0.5) is 0 Å². The average Bonchev–Trinajstić information content (AvgIpc) is 3.15. The summed E-state index contributed by atoms with van der Waals surface area (Å²) in [6, 6.07) is 8.47. The van der Waals surface area contributed by atoms with Crippen LogP contribution in [0.3, 0.4) is 0 Å². The lowest BCUT2D eigenvalue weighted by Crippen LogP contribution is -2.36. The second-order valence-corrected chi connectivity index (χ2v) is 9.72. The van der Waals surface area contributed by atoms with Crippen LogP contribution < -0.4 is 0 Å². The topological polar surface area (TPSA) is 57.7 Å². The number of amides is 1. The summed E-state index contributed by atoms with van der Waals surface area (Å²) in [5, 5.41) is 2.01. The summed E-state index contributed by atoms with van der Waals surface area (Å²) < 4.78 is 27.8. The number of hydrogen-bond acceptors (Lipinski definition) is 4. The van der Waals surface area contributed by atoms with Crippen LogP contribution in [0.15, 0.2) is 40.6 Å². The fourth-order valence-electron chi connectivity index (χ4n) is 3.40. The molecule has 0 spiro atoms. The summed E-state index contributed by atoms with van der Waals surface area (Å²) in [4.78, 5) is 16.1. The largest absolute Gasteiger partial charge is 0.339 e. The van der Waals surface area contributed by atoms with Gasteiger partial charge in [0.15, 0.2) is 0 Å². The van der Waals surface area contributed by atoms with E-state index in [4.69, 9.17) is 0 Å². The Bertz CT molecular complexity index is 899. The van der Waals surface area contributed by atoms with Crippen LogP contribution >= 0.6 is 11.3 Å². The number of thiophene rings is 1. The highest BCUT2D eigenvalue weighted by molar-refractivity contribution is 7.89. The van der Waals surface area contributed by atoms with E-state index in [2.05, 4.69) is 0 Å². The lowest BCUT2D eigenvalue weighted by atomic mass is 10.1. The molecule has 0 saturated carbocycles. The van der Waals surface area contributed by atoms with Crippen molar-refractivity contribution in [2.45, 2.75) is 44.6 Å². The third-order valence-electron chi connectivity index (χ3n) is 4.77. The minimum absolute atomic E-state index is 0.102. The molecule has 2 heterocycles. The van der Waals surface area contributed by atoms with Crippen molar-refractivity contribution in [2.75, 3.05) is 19.6 Å². The lowest BCUT2D eigenvalue weighted by molar-refractivity contribution is 0.0755. The summed E-state index contributed by atoms with van der Waals surface area (Å²) in [6.45, 7) is 6.30. The highest BCUT2D eigenvalue weighted by atomic mass is 32.2. The third kappa shape index (κ3) is 4.25. The second kappa shape index (κ2) is 8.54. The molecular weight excluding hydrogens is 380 g/mol. The van der Waals surface area contributed by atoms with Crippen LogP contribution in [0, 0.1) is 0 Å². The monoisotopic (exact) mass is 406 g/mol. The molecule has 7 heteroatoms. The molecule has 0 unspecified atom stereocenters. The van der Waals surface area contributed by atoms with E-state index in [-0.39, 0.29) is 10.8 Å². The molecule has 0 aliphatic carbocycles. The molecule has 3 rings (SSSR count). The Morgan fingerprint density at radius 1 is 1.19 bits per heavy atom. The summed E-state index contributed by atoms with van der Waals surface area (Å²) in [5.74, 6) is -0.102. The van der Waals surface area contributed by atoms with E-state index in [0.717, 1.165) is 24.8 Å². The SMILES string of the molecule is CCCN(CCC)C(=O)c1cccc(S(=O)(=O)N2CCc3sccc3C2)c1. The molecule has 0 fully saturated rings. The molecule has 1 amide bonds. The number of carbonyl (C=O) groups is 1. The van der Waals surface area contributed by atoms with Gasteiger partial charge in [0, 0.05) is 36.6 Å². The van der Waals surface area contributed by atoms with Gasteiger partial charge < -0.3 is 4.90 Å². The molecule has 146 valence electrons. The highest BCUT2D eigenvalue weighted by Gasteiger charge is 2.29. The van der Waals surface area contributed by atoms with E-state index >= 15 is 0 Å². The number of rotatable bonds is 7. The van der Waals surface area contributed by atoms with E-state index in [9.17, 15) is 13.2 Å². The van der Waals surface area contributed by atoms with Crippen LogP contribution in [-0.4, -0.2) is 43.2 Å². The van der Waals surface area contributed by atoms with Crippen molar-refractivity contribution in [3.63, 3.8) is 0 Å². The van der Waals surface area contributed by atoms with Gasteiger partial charge in [0.2, 0.25) is 10.0 Å². The molecule has 0 saturated heterocycles. The van der Waals surface area contributed by atoms with E-state index in [1.54, 1.807) is 34.4 Å². The summed E-state index contributed by atoms with van der Waals surface area (Å²) in [6.07, 6.45) is 2.49. The van der Waals surface area contributed by atoms with Crippen molar-refractivity contribution in [1.29, 1.82) is 0 Å². The maximum Gasteiger partial charge on any atom is 0.253 e. The van der Waals surface area contributed by atoms with E-state index in [1.807, 2.05) is 25.3 Å². The Kier molecular flexibility index (Phi) is 6.34. The molecular formula is C20H26N2O3S2. The number of carbonyl (C=O) groups excluding carboxylic acids is 1. The molecule has 0 N–H and O–H groups in total. The lowest BCUT2D eigenvalue weighted by Gasteiger charge is -2.26. The van der Waals surface area contributed by atoms with Crippen molar-refractivity contribution in [3.8, 4) is 0 Å². The Morgan fingerprint density at radius 2 is 1.93 bits per heavy atom. The number of benzene rings is 1. The molecule has 1 aromatic heterocycles. The van der Waals surface area contributed by atoms with Crippen LogP contribution in [0.5, 0.6) is 0 Å². The van der Waals surface area contributed by atoms with Gasteiger partial charge in [0.1, 0.15) is 0 Å². The van der Waals surface area contributed by atoms with Crippen LogP contribution in [0.1, 0.15) is 47.5 Å². The first kappa shape index (κ1) is 20.0. The first-order valence-electron chi connectivity index (χ1n) is 9.42. The molecule has 0 atom stereocenters. The normalized spacial score (nSPS) is 14.7. The molecule has 5 nitrogen and oxygen atoms in total. The molecule has 1 aromatic carbocycles. The van der Waals surface area contributed by atoms with Gasteiger partial charge in [-0.05, 0) is 54.5 Å². The summed E-state index contributed by atoms with van der Waals surface area (Å²) in [5.41, 5.74) is 1.52. The predicted octanol–water partition coefficient (Wildman–Crippen LogP) is 3.76. The quantitative estimate of drug-likeness (QED) is 0.703. The maximum atomic E-state index is 13.1. The third-order valence-corrected chi connectivity index (χ3v) is 7.63.